The number of hydrogen-bond acceptors (Lipinski definition) is 4. The fraction of sp³-hybridized carbons (Fsp3) is 0.333. The quantitative estimate of drug-likeness (QED) is 0.406. The SMILES string of the molecule is [O-][N+]1=NNNC=C1C(F)(F)F. The fourth-order valence-corrected chi connectivity index (χ4v) is 0.474. The number of hydrazine groups is 1. The minimum atomic E-state index is -4.68. The van der Waals surface area contributed by atoms with Crippen LogP contribution in [-0.2, 0) is 0 Å². The van der Waals surface area contributed by atoms with E-state index < -0.39 is 16.7 Å². The van der Waals surface area contributed by atoms with Gasteiger partial charge in [0, 0.05) is 0 Å². The molecule has 11 heavy (non-hydrogen) atoms. The highest BCUT2D eigenvalue weighted by Crippen LogP contribution is 2.25. The van der Waals surface area contributed by atoms with Crippen LogP contribution in [0.2, 0.25) is 0 Å². The van der Waals surface area contributed by atoms with Gasteiger partial charge in [0.05, 0.1) is 6.20 Å². The van der Waals surface area contributed by atoms with E-state index in [1.807, 2.05) is 11.0 Å². The molecular weight excluding hydrogens is 165 g/mol. The van der Waals surface area contributed by atoms with Gasteiger partial charge in [0.25, 0.3) is 5.70 Å². The van der Waals surface area contributed by atoms with Gasteiger partial charge in [-0.05, 0) is 0 Å². The number of nitrogens with zero attached hydrogens (tertiary/aromatic N) is 2. The van der Waals surface area contributed by atoms with Crippen molar-refractivity contribution in [2.24, 2.45) is 5.22 Å². The second-order valence-electron chi connectivity index (χ2n) is 1.66. The molecule has 0 unspecified atom stereocenters. The van der Waals surface area contributed by atoms with Crippen LogP contribution in [0.3, 0.4) is 0 Å². The number of nitrogens with one attached hydrogen (secondary N) is 2. The Morgan fingerprint density at radius 3 is 2.55 bits per heavy atom. The highest BCUT2D eigenvalue weighted by Gasteiger charge is 2.40. The fourth-order valence-electron chi connectivity index (χ4n) is 0.474. The molecule has 0 atom stereocenters. The van der Waals surface area contributed by atoms with E-state index >= 15 is 0 Å². The largest absolute Gasteiger partial charge is 0.691 e. The molecule has 0 bridgehead atoms. The Balaban J connectivity index is 2.87. The number of rotatable bonds is 0. The van der Waals surface area contributed by atoms with Gasteiger partial charge in [-0.15, -0.1) is 4.86 Å². The topological polar surface area (TPSA) is 62.5 Å². The maximum atomic E-state index is 11.8. The smallest absolute Gasteiger partial charge is 0.457 e. The molecule has 0 amide bonds. The van der Waals surface area contributed by atoms with E-state index in [0.29, 0.717) is 6.20 Å². The molecule has 0 saturated carbocycles. The third kappa shape index (κ3) is 1.51. The number of hydrogen-bond donors (Lipinski definition) is 2. The summed E-state index contributed by atoms with van der Waals surface area (Å²) in [6.45, 7) is 0. The van der Waals surface area contributed by atoms with Crippen molar-refractivity contribution in [3.8, 4) is 0 Å². The van der Waals surface area contributed by atoms with E-state index in [9.17, 15) is 18.4 Å². The second kappa shape index (κ2) is 2.29. The van der Waals surface area contributed by atoms with Crippen LogP contribution in [0.5, 0.6) is 0 Å². The Labute approximate surface area is 58.7 Å². The van der Waals surface area contributed by atoms with Gasteiger partial charge in [-0.3, -0.25) is 0 Å². The van der Waals surface area contributed by atoms with Crippen LogP contribution in [0.15, 0.2) is 17.1 Å². The first-order valence-corrected chi connectivity index (χ1v) is 2.47. The number of allylic oxidation sites excluding steroid dienone is 1. The van der Waals surface area contributed by atoms with Gasteiger partial charge in [0.2, 0.25) is 0 Å². The summed E-state index contributed by atoms with van der Waals surface area (Å²) in [5, 5.41) is 13.0. The molecule has 0 aromatic heterocycles. The van der Waals surface area contributed by atoms with E-state index in [4.69, 9.17) is 0 Å². The lowest BCUT2D eigenvalue weighted by Gasteiger charge is -2.14. The van der Waals surface area contributed by atoms with Gasteiger partial charge in [-0.2, -0.15) is 13.2 Å². The van der Waals surface area contributed by atoms with Crippen LogP contribution in [-0.4, -0.2) is 11.0 Å². The van der Waals surface area contributed by atoms with Crippen molar-refractivity contribution in [1.82, 2.24) is 11.0 Å². The predicted molar refractivity (Wildman–Crippen MR) is 26.5 cm³/mol. The van der Waals surface area contributed by atoms with Gasteiger partial charge < -0.3 is 5.21 Å². The van der Waals surface area contributed by atoms with Crippen molar-refractivity contribution < 1.29 is 18.0 Å². The van der Waals surface area contributed by atoms with Crippen LogP contribution in [0.1, 0.15) is 0 Å². The zero-order chi connectivity index (χ0) is 8.48. The lowest BCUT2D eigenvalue weighted by Crippen LogP contribution is -2.33. The Kier molecular flexibility index (Phi) is 1.59. The molecule has 0 aromatic rings. The molecule has 1 aliphatic heterocycles. The number of halogens is 3. The average Bonchev–Trinajstić information content (AvgIpc) is 1.86. The van der Waals surface area contributed by atoms with E-state index in [1.54, 1.807) is 0 Å². The minimum absolute atomic E-state index is 0.486. The lowest BCUT2D eigenvalue weighted by molar-refractivity contribution is -0.516. The average molecular weight is 168 g/mol. The molecule has 62 valence electrons. The third-order valence-electron chi connectivity index (χ3n) is 0.911. The summed E-state index contributed by atoms with van der Waals surface area (Å²) >= 11 is 0. The molecule has 0 radical (unpaired) electrons. The molecule has 5 nitrogen and oxygen atoms in total. The van der Waals surface area contributed by atoms with Gasteiger partial charge in [-0.1, -0.05) is 5.53 Å². The van der Waals surface area contributed by atoms with Gasteiger partial charge in [-0.25, -0.2) is 5.43 Å². The summed E-state index contributed by atoms with van der Waals surface area (Å²) in [5.41, 5.74) is 2.39. The van der Waals surface area contributed by atoms with Crippen molar-refractivity contribution >= 4 is 0 Å². The zero-order valence-electron chi connectivity index (χ0n) is 5.01. The third-order valence-corrected chi connectivity index (χ3v) is 0.911. The predicted octanol–water partition coefficient (Wildman–Crippen LogP) is 0.375. The van der Waals surface area contributed by atoms with Crippen molar-refractivity contribution in [1.29, 1.82) is 0 Å². The van der Waals surface area contributed by atoms with Gasteiger partial charge in [0.15, 0.2) is 0 Å². The van der Waals surface area contributed by atoms with E-state index in [0.717, 1.165) is 0 Å². The summed E-state index contributed by atoms with van der Waals surface area (Å²) < 4.78 is 35.3. The van der Waals surface area contributed by atoms with E-state index in [1.165, 1.54) is 0 Å². The highest BCUT2D eigenvalue weighted by molar-refractivity contribution is 4.97. The Bertz CT molecular complexity index is 219. The first-order chi connectivity index (χ1) is 5.02. The van der Waals surface area contributed by atoms with Gasteiger partial charge in [0.1, 0.15) is 5.22 Å². The molecule has 0 spiro atoms. The molecular formula is C3H3F3N4O. The molecule has 2 N–H and O–H groups in total. The summed E-state index contributed by atoms with van der Waals surface area (Å²) in [6.07, 6.45) is -4.19. The number of alkyl halides is 3. The van der Waals surface area contributed by atoms with Crippen molar-refractivity contribution in [3.63, 3.8) is 0 Å². The number of hydroxylamine groups is 1. The van der Waals surface area contributed by atoms with Crippen LogP contribution < -0.4 is 11.0 Å². The summed E-state index contributed by atoms with van der Waals surface area (Å²) in [5.74, 6) is 0. The van der Waals surface area contributed by atoms with E-state index in [-0.39, 0.29) is 0 Å². The molecule has 0 aliphatic carbocycles. The first-order valence-electron chi connectivity index (χ1n) is 2.47. The Morgan fingerprint density at radius 1 is 1.55 bits per heavy atom. The Morgan fingerprint density at radius 2 is 2.18 bits per heavy atom. The maximum absolute atomic E-state index is 11.8. The van der Waals surface area contributed by atoms with Crippen molar-refractivity contribution in [2.75, 3.05) is 0 Å². The zero-order valence-corrected chi connectivity index (χ0v) is 5.01. The van der Waals surface area contributed by atoms with Crippen LogP contribution in [0, 0.1) is 5.21 Å². The first kappa shape index (κ1) is 7.63. The second-order valence-corrected chi connectivity index (χ2v) is 1.66. The van der Waals surface area contributed by atoms with Gasteiger partial charge >= 0.3 is 6.18 Å². The Hall–Kier alpha value is -1.47. The highest BCUT2D eigenvalue weighted by atomic mass is 19.4. The molecule has 1 heterocycles. The standard InChI is InChI=1S/C3H3F3N4O/c4-3(5,6)2-1-7-8-9-10(2)11/h1,7-8H. The summed E-state index contributed by atoms with van der Waals surface area (Å²) in [4.78, 5) is -0.545. The van der Waals surface area contributed by atoms with Crippen LogP contribution in [0.25, 0.3) is 0 Å². The van der Waals surface area contributed by atoms with Crippen LogP contribution >= 0.6 is 0 Å². The summed E-state index contributed by atoms with van der Waals surface area (Å²) in [7, 11) is 0. The summed E-state index contributed by atoms with van der Waals surface area (Å²) in [6, 6.07) is 0. The maximum Gasteiger partial charge on any atom is 0.457 e. The minimum Gasteiger partial charge on any atom is -0.691 e. The van der Waals surface area contributed by atoms with Crippen LogP contribution in [0.4, 0.5) is 13.2 Å². The van der Waals surface area contributed by atoms with Crippen molar-refractivity contribution in [2.45, 2.75) is 6.18 Å². The molecule has 1 aliphatic rings. The molecule has 1 rings (SSSR count). The lowest BCUT2D eigenvalue weighted by atomic mass is 10.5. The van der Waals surface area contributed by atoms with Crippen molar-refractivity contribution in [3.05, 3.63) is 17.1 Å². The molecule has 0 aromatic carbocycles. The monoisotopic (exact) mass is 168 g/mol. The van der Waals surface area contributed by atoms with E-state index in [2.05, 4.69) is 5.22 Å². The molecule has 0 saturated heterocycles. The molecule has 8 heteroatoms. The molecule has 0 fully saturated rings. The normalized spacial score (nSPS) is 17.7.